The topological polar surface area (TPSA) is 191 Å². The van der Waals surface area contributed by atoms with Crippen LogP contribution in [0.4, 0.5) is 0 Å². The molecule has 0 radical (unpaired) electrons. The lowest BCUT2D eigenvalue weighted by molar-refractivity contribution is -0.142. The van der Waals surface area contributed by atoms with E-state index in [0.29, 0.717) is 37.9 Å². The van der Waals surface area contributed by atoms with Gasteiger partial charge in [-0.15, -0.1) is 0 Å². The number of carboxylic acids is 1. The number of nitrogens with two attached hydrogens (primary N) is 1. The lowest BCUT2D eigenvalue weighted by Crippen LogP contribution is -2.57. The van der Waals surface area contributed by atoms with Crippen molar-refractivity contribution >= 4 is 23.7 Å². The van der Waals surface area contributed by atoms with Crippen molar-refractivity contribution in [3.05, 3.63) is 54.1 Å². The van der Waals surface area contributed by atoms with E-state index in [1.54, 1.807) is 0 Å². The van der Waals surface area contributed by atoms with E-state index in [0.717, 1.165) is 18.5 Å². The molecule has 12 nitrogen and oxygen atoms in total. The zero-order chi connectivity index (χ0) is 27.3. The van der Waals surface area contributed by atoms with E-state index in [1.807, 2.05) is 30.3 Å². The van der Waals surface area contributed by atoms with Crippen molar-refractivity contribution in [2.45, 2.75) is 69.1 Å². The zero-order valence-corrected chi connectivity index (χ0v) is 21.3. The Bertz CT molecular complexity index is 1040. The number of aromatic amines is 1. The molecule has 1 aliphatic rings. The van der Waals surface area contributed by atoms with E-state index in [9.17, 15) is 24.3 Å². The first-order chi connectivity index (χ1) is 18.4. The van der Waals surface area contributed by atoms with Crippen LogP contribution in [0.1, 0.15) is 43.4 Å². The van der Waals surface area contributed by atoms with E-state index in [2.05, 4.69) is 31.2 Å². The fourth-order valence-corrected chi connectivity index (χ4v) is 4.36. The number of imidazole rings is 1. The van der Waals surface area contributed by atoms with Crippen molar-refractivity contribution in [1.82, 2.24) is 31.2 Å². The summed E-state index contributed by atoms with van der Waals surface area (Å²) in [6.07, 6.45) is 6.28. The maximum atomic E-state index is 13.4. The number of carbonyl (C=O) groups is 4. The van der Waals surface area contributed by atoms with Crippen LogP contribution in [0.15, 0.2) is 42.9 Å². The summed E-state index contributed by atoms with van der Waals surface area (Å²) in [5.74, 6) is -2.62. The molecular formula is C26H37N7O5. The third-order valence-electron chi connectivity index (χ3n) is 6.47. The fraction of sp³-hybridized carbons (Fsp3) is 0.500. The number of carboxylic acid groups (broad SMARTS) is 1. The van der Waals surface area contributed by atoms with Crippen LogP contribution in [-0.4, -0.2) is 76.0 Å². The summed E-state index contributed by atoms with van der Waals surface area (Å²) < 4.78 is 0. The number of unbranched alkanes of at least 4 members (excludes halogenated alkanes) is 1. The number of H-pyrrole nitrogens is 1. The van der Waals surface area contributed by atoms with Gasteiger partial charge in [-0.25, -0.2) is 9.78 Å². The second-order valence-electron chi connectivity index (χ2n) is 9.43. The summed E-state index contributed by atoms with van der Waals surface area (Å²) >= 11 is 0. The molecule has 2 heterocycles. The molecule has 2 aromatic rings. The molecule has 3 amide bonds. The van der Waals surface area contributed by atoms with Crippen LogP contribution in [-0.2, 0) is 32.0 Å². The Hall–Kier alpha value is -3.77. The molecule has 3 rings (SSSR count). The van der Waals surface area contributed by atoms with Crippen LogP contribution >= 0.6 is 0 Å². The maximum Gasteiger partial charge on any atom is 0.326 e. The third kappa shape index (κ3) is 8.96. The van der Waals surface area contributed by atoms with Gasteiger partial charge in [-0.1, -0.05) is 30.3 Å². The molecule has 1 aliphatic heterocycles. The van der Waals surface area contributed by atoms with Crippen molar-refractivity contribution < 1.29 is 24.3 Å². The van der Waals surface area contributed by atoms with Crippen molar-refractivity contribution in [2.24, 2.45) is 5.73 Å². The van der Waals surface area contributed by atoms with Gasteiger partial charge in [0.05, 0.1) is 12.4 Å². The second kappa shape index (κ2) is 14.8. The average Bonchev–Trinajstić information content (AvgIpc) is 3.62. The minimum Gasteiger partial charge on any atom is -0.480 e. The molecular weight excluding hydrogens is 490 g/mol. The number of hydrogen-bond donors (Lipinski definition) is 7. The van der Waals surface area contributed by atoms with Crippen LogP contribution in [0.5, 0.6) is 0 Å². The van der Waals surface area contributed by atoms with Gasteiger partial charge >= 0.3 is 5.97 Å². The van der Waals surface area contributed by atoms with Gasteiger partial charge in [0, 0.05) is 24.7 Å². The van der Waals surface area contributed by atoms with Gasteiger partial charge in [-0.3, -0.25) is 14.4 Å². The molecule has 1 fully saturated rings. The number of aromatic nitrogens is 2. The Labute approximate surface area is 221 Å². The fourth-order valence-electron chi connectivity index (χ4n) is 4.36. The Morgan fingerprint density at radius 3 is 2.37 bits per heavy atom. The molecule has 1 aromatic carbocycles. The molecule has 1 aromatic heterocycles. The minimum atomic E-state index is -1.23. The Morgan fingerprint density at radius 1 is 1.00 bits per heavy atom. The van der Waals surface area contributed by atoms with Crippen LogP contribution in [0.2, 0.25) is 0 Å². The highest BCUT2D eigenvalue weighted by atomic mass is 16.4. The number of aliphatic carboxylic acids is 1. The molecule has 12 heteroatoms. The predicted molar refractivity (Wildman–Crippen MR) is 140 cm³/mol. The first kappa shape index (κ1) is 28.8. The predicted octanol–water partition coefficient (Wildman–Crippen LogP) is -0.385. The minimum absolute atomic E-state index is 0.000758. The van der Waals surface area contributed by atoms with Gasteiger partial charge in [0.15, 0.2) is 0 Å². The first-order valence-corrected chi connectivity index (χ1v) is 13.0. The van der Waals surface area contributed by atoms with Gasteiger partial charge in [0.2, 0.25) is 17.7 Å². The monoisotopic (exact) mass is 527 g/mol. The lowest BCUT2D eigenvalue weighted by Gasteiger charge is -2.25. The molecule has 8 N–H and O–H groups in total. The average molecular weight is 528 g/mol. The number of carbonyl (C=O) groups excluding carboxylic acids is 3. The second-order valence-corrected chi connectivity index (χ2v) is 9.43. The highest BCUT2D eigenvalue weighted by Gasteiger charge is 2.31. The van der Waals surface area contributed by atoms with Crippen LogP contribution < -0.4 is 27.0 Å². The number of hydrogen-bond acceptors (Lipinski definition) is 7. The quantitative estimate of drug-likeness (QED) is 0.152. The molecule has 206 valence electrons. The molecule has 0 bridgehead atoms. The molecule has 0 saturated carbocycles. The van der Waals surface area contributed by atoms with Crippen LogP contribution in [0.25, 0.3) is 0 Å². The Morgan fingerprint density at radius 2 is 1.74 bits per heavy atom. The van der Waals surface area contributed by atoms with E-state index >= 15 is 0 Å². The summed E-state index contributed by atoms with van der Waals surface area (Å²) in [5.41, 5.74) is 6.94. The van der Waals surface area contributed by atoms with Gasteiger partial charge < -0.3 is 37.1 Å². The summed E-state index contributed by atoms with van der Waals surface area (Å²) in [6, 6.07) is 5.59. The first-order valence-electron chi connectivity index (χ1n) is 13.0. The van der Waals surface area contributed by atoms with Crippen molar-refractivity contribution in [3.63, 3.8) is 0 Å². The largest absolute Gasteiger partial charge is 0.480 e. The summed E-state index contributed by atoms with van der Waals surface area (Å²) in [6.45, 7) is 1.20. The van der Waals surface area contributed by atoms with Gasteiger partial charge in [-0.05, 0) is 50.8 Å². The Balaban J connectivity index is 1.74. The smallest absolute Gasteiger partial charge is 0.326 e. The zero-order valence-electron chi connectivity index (χ0n) is 21.3. The number of nitrogens with zero attached hydrogens (tertiary/aromatic N) is 1. The van der Waals surface area contributed by atoms with Gasteiger partial charge in [0.25, 0.3) is 0 Å². The van der Waals surface area contributed by atoms with Gasteiger partial charge in [-0.2, -0.15) is 0 Å². The van der Waals surface area contributed by atoms with Gasteiger partial charge in [0.1, 0.15) is 18.1 Å². The Kier molecular flexibility index (Phi) is 11.2. The number of rotatable bonds is 15. The standard InChI is InChI=1S/C26H37N7O5/c27-11-5-4-9-20(31-23(34)19-10-6-12-29-19)24(35)32-21(13-17-7-2-1-3-8-17)25(36)33-22(26(37)38)14-18-15-28-16-30-18/h1-3,7-8,15-16,19-22,29H,4-6,9-14,27H2,(H,28,30)(H,31,34)(H,32,35)(H,33,36)(H,37,38). The molecule has 4 atom stereocenters. The summed E-state index contributed by atoms with van der Waals surface area (Å²) in [4.78, 5) is 58.0. The number of benzene rings is 1. The number of amides is 3. The summed E-state index contributed by atoms with van der Waals surface area (Å²) in [5, 5.41) is 20.9. The molecule has 0 spiro atoms. The SMILES string of the molecule is NCCCCC(NC(=O)C1CCCN1)C(=O)NC(Cc1ccccc1)C(=O)NC(Cc1cnc[nH]1)C(=O)O. The molecule has 0 aliphatic carbocycles. The van der Waals surface area contributed by atoms with Crippen molar-refractivity contribution in [1.29, 1.82) is 0 Å². The van der Waals surface area contributed by atoms with E-state index in [-0.39, 0.29) is 24.8 Å². The highest BCUT2D eigenvalue weighted by Crippen LogP contribution is 2.10. The lowest BCUT2D eigenvalue weighted by atomic mass is 10.0. The van der Waals surface area contributed by atoms with Crippen LogP contribution in [0.3, 0.4) is 0 Å². The van der Waals surface area contributed by atoms with E-state index in [1.165, 1.54) is 12.5 Å². The van der Waals surface area contributed by atoms with E-state index < -0.39 is 35.9 Å². The van der Waals surface area contributed by atoms with Crippen molar-refractivity contribution in [2.75, 3.05) is 13.1 Å². The van der Waals surface area contributed by atoms with E-state index in [4.69, 9.17) is 5.73 Å². The maximum absolute atomic E-state index is 13.4. The normalized spacial score (nSPS) is 17.2. The molecule has 38 heavy (non-hydrogen) atoms. The summed E-state index contributed by atoms with van der Waals surface area (Å²) in [7, 11) is 0. The third-order valence-corrected chi connectivity index (χ3v) is 6.47. The number of nitrogens with one attached hydrogen (secondary N) is 5. The molecule has 1 saturated heterocycles. The molecule has 4 unspecified atom stereocenters. The highest BCUT2D eigenvalue weighted by molar-refractivity contribution is 5.94. The van der Waals surface area contributed by atoms with Crippen molar-refractivity contribution in [3.8, 4) is 0 Å². The van der Waals surface area contributed by atoms with Crippen LogP contribution in [0, 0.1) is 0 Å².